The van der Waals surface area contributed by atoms with Gasteiger partial charge in [0.2, 0.25) is 11.8 Å². The summed E-state index contributed by atoms with van der Waals surface area (Å²) in [5.41, 5.74) is 4.04. The van der Waals surface area contributed by atoms with Gasteiger partial charge >= 0.3 is 0 Å². The number of hydrogen-bond acceptors (Lipinski definition) is 4. The van der Waals surface area contributed by atoms with Gasteiger partial charge in [-0.3, -0.25) is 13.9 Å². The molecule has 9 heteroatoms. The highest BCUT2D eigenvalue weighted by Crippen LogP contribution is 2.27. The van der Waals surface area contributed by atoms with E-state index in [0.29, 0.717) is 18.7 Å². The van der Waals surface area contributed by atoms with Gasteiger partial charge in [-0.25, -0.2) is 12.8 Å². The molecule has 236 valence electrons. The van der Waals surface area contributed by atoms with Crippen LogP contribution in [0.15, 0.2) is 102 Å². The van der Waals surface area contributed by atoms with E-state index in [1.807, 2.05) is 58.0 Å². The molecule has 7 nitrogen and oxygen atoms in total. The Morgan fingerprint density at radius 1 is 0.844 bits per heavy atom. The van der Waals surface area contributed by atoms with Crippen molar-refractivity contribution in [3.63, 3.8) is 0 Å². The second-order valence-electron chi connectivity index (χ2n) is 11.2. The van der Waals surface area contributed by atoms with Crippen LogP contribution in [0.3, 0.4) is 0 Å². The Morgan fingerprint density at radius 2 is 1.51 bits per heavy atom. The van der Waals surface area contributed by atoms with E-state index >= 15 is 4.39 Å². The number of amides is 2. The van der Waals surface area contributed by atoms with Gasteiger partial charge < -0.3 is 10.2 Å². The van der Waals surface area contributed by atoms with Crippen molar-refractivity contribution < 1.29 is 22.4 Å². The summed E-state index contributed by atoms with van der Waals surface area (Å²) in [5, 5.41) is 2.89. The number of carbonyl (C=O) groups is 2. The van der Waals surface area contributed by atoms with Gasteiger partial charge in [-0.2, -0.15) is 0 Å². The van der Waals surface area contributed by atoms with Gasteiger partial charge in [-0.1, -0.05) is 79.2 Å². The quantitative estimate of drug-likeness (QED) is 0.193. The molecule has 0 fully saturated rings. The first kappa shape index (κ1) is 33.4. The van der Waals surface area contributed by atoms with Gasteiger partial charge in [0.15, 0.2) is 0 Å². The van der Waals surface area contributed by atoms with E-state index in [4.69, 9.17) is 0 Å². The normalized spacial score (nSPS) is 11.9. The van der Waals surface area contributed by atoms with Crippen LogP contribution in [0.5, 0.6) is 0 Å². The van der Waals surface area contributed by atoms with Crippen molar-refractivity contribution in [2.75, 3.05) is 17.4 Å². The number of aryl methyl sites for hydroxylation is 3. The third-order valence-corrected chi connectivity index (χ3v) is 9.57. The smallest absolute Gasteiger partial charge is 0.264 e. The molecule has 1 N–H and O–H groups in total. The first-order valence-electron chi connectivity index (χ1n) is 15.0. The van der Waals surface area contributed by atoms with E-state index in [9.17, 15) is 18.0 Å². The first-order valence-corrected chi connectivity index (χ1v) is 16.5. The lowest BCUT2D eigenvalue weighted by molar-refractivity contribution is -0.140. The van der Waals surface area contributed by atoms with Gasteiger partial charge in [0.05, 0.1) is 10.6 Å². The Kier molecular flexibility index (Phi) is 11.1. The third-order valence-electron chi connectivity index (χ3n) is 7.79. The number of carbonyl (C=O) groups excluding carboxylic acids is 2. The van der Waals surface area contributed by atoms with Crippen LogP contribution in [0, 0.1) is 26.6 Å². The van der Waals surface area contributed by atoms with Crippen molar-refractivity contribution in [1.82, 2.24) is 10.2 Å². The van der Waals surface area contributed by atoms with Gasteiger partial charge in [-0.15, -0.1) is 0 Å². The van der Waals surface area contributed by atoms with Crippen LogP contribution in [0.2, 0.25) is 0 Å². The molecular formula is C36H40FN3O4S. The van der Waals surface area contributed by atoms with Crippen LogP contribution in [0.4, 0.5) is 10.1 Å². The molecule has 1 atom stereocenters. The summed E-state index contributed by atoms with van der Waals surface area (Å²) in [7, 11) is -4.22. The number of nitrogens with zero attached hydrogens (tertiary/aromatic N) is 2. The van der Waals surface area contributed by atoms with E-state index in [1.54, 1.807) is 48.5 Å². The molecule has 0 aliphatic rings. The van der Waals surface area contributed by atoms with Crippen LogP contribution in [0.1, 0.15) is 41.2 Å². The number of sulfonamides is 1. The molecule has 0 radical (unpaired) electrons. The maximum Gasteiger partial charge on any atom is 0.264 e. The lowest BCUT2D eigenvalue weighted by Crippen LogP contribution is -2.53. The van der Waals surface area contributed by atoms with E-state index in [2.05, 4.69) is 5.32 Å². The monoisotopic (exact) mass is 629 g/mol. The van der Waals surface area contributed by atoms with Crippen molar-refractivity contribution in [3.8, 4) is 0 Å². The number of halogens is 1. The minimum atomic E-state index is -4.22. The summed E-state index contributed by atoms with van der Waals surface area (Å²) >= 11 is 0. The molecule has 0 saturated carbocycles. The molecule has 0 saturated heterocycles. The predicted molar refractivity (Wildman–Crippen MR) is 176 cm³/mol. The maximum absolute atomic E-state index is 15.0. The molecule has 4 rings (SSSR count). The lowest BCUT2D eigenvalue weighted by Gasteiger charge is -2.34. The average molecular weight is 630 g/mol. The molecule has 0 heterocycles. The second kappa shape index (κ2) is 15.0. The molecule has 0 spiro atoms. The number of rotatable bonds is 13. The van der Waals surface area contributed by atoms with Crippen LogP contribution in [-0.2, 0) is 32.6 Å². The van der Waals surface area contributed by atoms with Crippen molar-refractivity contribution in [1.29, 1.82) is 0 Å². The topological polar surface area (TPSA) is 86.8 Å². The Labute approximate surface area is 265 Å². The van der Waals surface area contributed by atoms with Crippen LogP contribution < -0.4 is 9.62 Å². The molecule has 0 aromatic heterocycles. The van der Waals surface area contributed by atoms with Crippen LogP contribution in [0.25, 0.3) is 0 Å². The van der Waals surface area contributed by atoms with Gasteiger partial charge in [-0.05, 0) is 74.2 Å². The summed E-state index contributed by atoms with van der Waals surface area (Å²) in [5.74, 6) is -1.56. The summed E-state index contributed by atoms with van der Waals surface area (Å²) in [6.07, 6.45) is 0.839. The van der Waals surface area contributed by atoms with Crippen LogP contribution >= 0.6 is 0 Å². The molecule has 0 bridgehead atoms. The number of hydrogen-bond donors (Lipinski definition) is 1. The van der Waals surface area contributed by atoms with Crippen molar-refractivity contribution in [2.24, 2.45) is 0 Å². The second-order valence-corrected chi connectivity index (χ2v) is 13.1. The summed E-state index contributed by atoms with van der Waals surface area (Å²) in [6, 6.07) is 25.9. The first-order chi connectivity index (χ1) is 21.5. The fourth-order valence-electron chi connectivity index (χ4n) is 4.98. The van der Waals surface area contributed by atoms with E-state index in [-0.39, 0.29) is 23.4 Å². The Hall–Kier alpha value is -4.50. The molecule has 0 unspecified atom stereocenters. The summed E-state index contributed by atoms with van der Waals surface area (Å²) in [4.78, 5) is 29.5. The Balaban J connectivity index is 1.82. The Morgan fingerprint density at radius 3 is 2.16 bits per heavy atom. The Bertz CT molecular complexity index is 1730. The van der Waals surface area contributed by atoms with E-state index in [0.717, 1.165) is 26.6 Å². The third kappa shape index (κ3) is 8.36. The van der Waals surface area contributed by atoms with Crippen molar-refractivity contribution >= 4 is 27.5 Å². The zero-order valence-electron chi connectivity index (χ0n) is 26.2. The number of nitrogens with one attached hydrogen (secondary N) is 1. The number of benzene rings is 4. The fraction of sp³-hybridized carbons (Fsp3) is 0.278. The maximum atomic E-state index is 15.0. The van der Waals surface area contributed by atoms with Gasteiger partial charge in [0.1, 0.15) is 18.4 Å². The van der Waals surface area contributed by atoms with Gasteiger partial charge in [0.25, 0.3) is 10.0 Å². The molecule has 4 aromatic rings. The number of anilines is 1. The minimum Gasteiger partial charge on any atom is -0.354 e. The van der Waals surface area contributed by atoms with E-state index < -0.39 is 40.2 Å². The molecule has 0 aliphatic heterocycles. The van der Waals surface area contributed by atoms with Crippen molar-refractivity contribution in [3.05, 3.63) is 131 Å². The summed E-state index contributed by atoms with van der Waals surface area (Å²) < 4.78 is 44.4. The minimum absolute atomic E-state index is 0.0290. The predicted octanol–water partition coefficient (Wildman–Crippen LogP) is 6.11. The highest BCUT2D eigenvalue weighted by molar-refractivity contribution is 7.92. The summed E-state index contributed by atoms with van der Waals surface area (Å²) in [6.45, 7) is 7.14. The largest absolute Gasteiger partial charge is 0.354 e. The fourth-order valence-corrected chi connectivity index (χ4v) is 6.38. The standard InChI is InChI=1S/C36H40FN3O4S/c1-5-21-38-36(42)34(23-29-11-7-6-8-12-29)39(24-30-13-9-10-14-33(30)37)35(41)25-40(31-18-17-27(3)28(4)22-31)45(43,44)32-19-15-26(2)16-20-32/h6-20,22,34H,5,21,23-25H2,1-4H3,(H,38,42)/t34-/m0/s1. The highest BCUT2D eigenvalue weighted by atomic mass is 32.2. The SMILES string of the molecule is CCCNC(=O)[C@H](Cc1ccccc1)N(Cc1ccccc1F)C(=O)CN(c1ccc(C)c(C)c1)S(=O)(=O)c1ccc(C)cc1. The molecular weight excluding hydrogens is 589 g/mol. The van der Waals surface area contributed by atoms with Crippen molar-refractivity contribution in [2.45, 2.75) is 58.0 Å². The molecule has 45 heavy (non-hydrogen) atoms. The zero-order valence-corrected chi connectivity index (χ0v) is 27.0. The van der Waals surface area contributed by atoms with Gasteiger partial charge in [0, 0.05) is 25.1 Å². The molecule has 2 amide bonds. The highest BCUT2D eigenvalue weighted by Gasteiger charge is 2.35. The molecule has 4 aromatic carbocycles. The van der Waals surface area contributed by atoms with Crippen LogP contribution in [-0.4, -0.2) is 44.3 Å². The average Bonchev–Trinajstić information content (AvgIpc) is 3.03. The molecule has 0 aliphatic carbocycles. The lowest BCUT2D eigenvalue weighted by atomic mass is 10.0. The zero-order chi connectivity index (χ0) is 32.6. The van der Waals surface area contributed by atoms with E-state index in [1.165, 1.54) is 23.1 Å².